The number of aromatic nitrogens is 7. The van der Waals surface area contributed by atoms with Gasteiger partial charge in [-0.15, -0.1) is 68.0 Å². The molecule has 4 atom stereocenters. The van der Waals surface area contributed by atoms with Crippen molar-refractivity contribution >= 4 is 121 Å². The molecule has 6 amide bonds. The minimum Gasteiger partial charge on any atom is -0.469 e. The van der Waals surface area contributed by atoms with Crippen LogP contribution in [0, 0.1) is 12.8 Å². The summed E-state index contributed by atoms with van der Waals surface area (Å²) < 4.78 is 16.1. The highest BCUT2D eigenvalue weighted by molar-refractivity contribution is 7.15. The zero-order valence-corrected chi connectivity index (χ0v) is 52.2. The molecule has 1 aliphatic heterocycles. The quantitative estimate of drug-likeness (QED) is 0.0413. The Morgan fingerprint density at radius 3 is 2.12 bits per heavy atom. The summed E-state index contributed by atoms with van der Waals surface area (Å²) in [4.78, 5) is 142. The summed E-state index contributed by atoms with van der Waals surface area (Å²) in [6, 6.07) is 9.55. The summed E-state index contributed by atoms with van der Waals surface area (Å²) >= 11 is 7.16. The third-order valence-corrected chi connectivity index (χ3v) is 18.8. The van der Waals surface area contributed by atoms with Crippen LogP contribution < -0.4 is 31.9 Å². The van der Waals surface area contributed by atoms with Gasteiger partial charge in [-0.1, -0.05) is 44.2 Å². The van der Waals surface area contributed by atoms with Gasteiger partial charge in [-0.25, -0.2) is 34.9 Å². The number of carbonyl (C=O) groups excluding carboxylic acids is 8. The SMILES string of the molecule is CNC(=O)C[C@@H]1NC(=O)c2csc(n2)-c2ccc(-c3nc(NC(=O)CCCCC(=O)OC)cs3)nc2-c2csc(n2)-c2csc(n2)C([C@@H](OC(C)=O)c2ccccc2)NC(=O)CNC(=O)c2nc(sc2COC)[C@H](C(C)C)NC(=O)c2nc1sc2C. The molecular weight excluding hydrogens is 1220 g/mol. The number of aryl methyl sites for hydroxylation is 1. The van der Waals surface area contributed by atoms with Gasteiger partial charge in [0.15, 0.2) is 6.10 Å². The Morgan fingerprint density at radius 1 is 0.663 bits per heavy atom. The van der Waals surface area contributed by atoms with E-state index in [1.807, 2.05) is 13.8 Å². The van der Waals surface area contributed by atoms with Crippen molar-refractivity contribution in [3.63, 3.8) is 0 Å². The van der Waals surface area contributed by atoms with Gasteiger partial charge >= 0.3 is 11.9 Å². The van der Waals surface area contributed by atoms with E-state index >= 15 is 0 Å². The van der Waals surface area contributed by atoms with Crippen LogP contribution in [0.5, 0.6) is 0 Å². The molecule has 1 aliphatic rings. The van der Waals surface area contributed by atoms with Crippen molar-refractivity contribution in [2.24, 2.45) is 5.92 Å². The molecule has 6 N–H and O–H groups in total. The van der Waals surface area contributed by atoms with Crippen LogP contribution in [0.2, 0.25) is 0 Å². The maximum Gasteiger partial charge on any atom is 0.305 e. The molecule has 0 spiro atoms. The first-order valence-electron chi connectivity index (χ1n) is 26.7. The van der Waals surface area contributed by atoms with Crippen LogP contribution in [0.25, 0.3) is 43.4 Å². The van der Waals surface area contributed by atoms with Gasteiger partial charge < -0.3 is 46.1 Å². The minimum atomic E-state index is -1.08. The van der Waals surface area contributed by atoms with Crippen molar-refractivity contribution in [2.45, 2.75) is 90.6 Å². The molecule has 0 fully saturated rings. The van der Waals surface area contributed by atoms with Crippen molar-refractivity contribution in [2.75, 3.05) is 33.1 Å². The number of rotatable bonds is 15. The number of esters is 2. The van der Waals surface area contributed by atoms with Crippen LogP contribution in [-0.4, -0.2) is 110 Å². The Balaban J connectivity index is 1.12. The van der Waals surface area contributed by atoms with E-state index in [1.165, 1.54) is 73.5 Å². The molecule has 0 saturated carbocycles. The number of pyridine rings is 1. The number of benzene rings is 1. The summed E-state index contributed by atoms with van der Waals surface area (Å²) in [7, 11) is 4.25. The minimum absolute atomic E-state index is 0.0135. The Labute approximate surface area is 516 Å². The number of hydrogen-bond acceptors (Lipinski definition) is 24. The monoisotopic (exact) mass is 1280 g/mol. The van der Waals surface area contributed by atoms with Crippen LogP contribution in [0.1, 0.15) is 139 Å². The molecule has 1 unspecified atom stereocenters. The second kappa shape index (κ2) is 28.4. The van der Waals surface area contributed by atoms with Crippen molar-refractivity contribution in [3.8, 4) is 43.4 Å². The van der Waals surface area contributed by atoms with Crippen LogP contribution >= 0.6 is 68.0 Å². The Hall–Kier alpha value is -8.13. The molecule has 10 bridgehead atoms. The predicted molar refractivity (Wildman–Crippen MR) is 326 cm³/mol. The third kappa shape index (κ3) is 15.1. The number of anilines is 1. The van der Waals surface area contributed by atoms with E-state index < -0.39 is 66.3 Å². The lowest BCUT2D eigenvalue weighted by Gasteiger charge is -2.26. The van der Waals surface area contributed by atoms with Crippen molar-refractivity contribution in [1.82, 2.24) is 61.5 Å². The van der Waals surface area contributed by atoms with E-state index in [-0.39, 0.29) is 65.8 Å². The van der Waals surface area contributed by atoms with Gasteiger partial charge in [0.05, 0.1) is 49.3 Å². The summed E-state index contributed by atoms with van der Waals surface area (Å²) in [5.74, 6) is -4.14. The lowest BCUT2D eigenvalue weighted by atomic mass is 10.0. The highest BCUT2D eigenvalue weighted by Crippen LogP contribution is 2.41. The van der Waals surface area contributed by atoms with Crippen molar-refractivity contribution in [1.29, 1.82) is 0 Å². The Morgan fingerprint density at radius 2 is 1.37 bits per heavy atom. The number of thiazole rings is 6. The second-order valence-electron chi connectivity index (χ2n) is 19.6. The number of carbonyl (C=O) groups is 8. The summed E-state index contributed by atoms with van der Waals surface area (Å²) in [6.45, 7) is 6.16. The fourth-order valence-electron chi connectivity index (χ4n) is 8.80. The summed E-state index contributed by atoms with van der Waals surface area (Å²) in [5.41, 5.74) is 2.69. The smallest absolute Gasteiger partial charge is 0.305 e. The van der Waals surface area contributed by atoms with Gasteiger partial charge in [0, 0.05) is 65.9 Å². The number of amides is 6. The standard InChI is InChI=1S/C56H57N13O11S6/c1-26(2)42-56-69-45(36(86-56)21-78-6)49(76)58-20-40(73)66-46(47(80-28(4)70)29-13-9-8-10-14-29)55-63-35(24-83-55)53-61-33(22-82-53)44-30(17-18-31(59-44)52-65-37(25-84-52)64-38(71)15-11-12-16-41(74)79-7)51-62-34(23-81-51)48(75)60-32(19-39(72)57-5)54-68-43(27(3)85-54)50(77)67-42/h8-10,13-14,17-18,22-26,32,42,46-47H,11-12,15-16,19-21H2,1-7H3,(H,57,72)(H,58,76)(H,60,75)(H,64,71)(H,66,73)(H,67,77)/t32-,42-,46?,47-/m0/s1. The molecule has 0 aliphatic carbocycles. The molecule has 30 heteroatoms. The topological polar surface area (TPSA) is 327 Å². The zero-order valence-electron chi connectivity index (χ0n) is 47.3. The van der Waals surface area contributed by atoms with E-state index in [4.69, 9.17) is 44.1 Å². The third-order valence-electron chi connectivity index (χ3n) is 13.0. The molecule has 9 rings (SSSR count). The van der Waals surface area contributed by atoms with E-state index in [9.17, 15) is 38.4 Å². The highest BCUT2D eigenvalue weighted by Gasteiger charge is 2.35. The fourth-order valence-corrected chi connectivity index (χ4v) is 14.3. The Kier molecular flexibility index (Phi) is 20.6. The maximum atomic E-state index is 14.3. The van der Waals surface area contributed by atoms with Gasteiger partial charge in [0.2, 0.25) is 17.7 Å². The molecule has 7 aromatic heterocycles. The van der Waals surface area contributed by atoms with Gasteiger partial charge in [-0.2, -0.15) is 0 Å². The number of fused-ring (bicyclic) bond motifs is 14. The number of hydrogen-bond donors (Lipinski definition) is 6. The number of methoxy groups -OCH3 is 2. The van der Waals surface area contributed by atoms with Gasteiger partial charge in [-0.05, 0) is 43.4 Å². The first-order valence-corrected chi connectivity index (χ1v) is 31.8. The van der Waals surface area contributed by atoms with E-state index in [0.717, 1.165) is 22.7 Å². The normalized spacial score (nSPS) is 16.0. The first-order chi connectivity index (χ1) is 41.4. The number of unbranched alkanes of at least 4 members (excludes halogenated alkanes) is 1. The average molecular weight is 1280 g/mol. The predicted octanol–water partition coefficient (Wildman–Crippen LogP) is 8.55. The van der Waals surface area contributed by atoms with Gasteiger partial charge in [0.25, 0.3) is 17.7 Å². The molecule has 0 radical (unpaired) electrons. The molecule has 448 valence electrons. The fraction of sp³-hybridized carbons (Fsp3) is 0.339. The number of nitrogens with zero attached hydrogens (tertiary/aromatic N) is 7. The Bertz CT molecular complexity index is 3810. The second-order valence-corrected chi connectivity index (χ2v) is 25.4. The van der Waals surface area contributed by atoms with E-state index in [2.05, 4.69) is 36.9 Å². The largest absolute Gasteiger partial charge is 0.469 e. The first kappa shape index (κ1) is 62.4. The van der Waals surface area contributed by atoms with Crippen molar-refractivity contribution in [3.05, 3.63) is 111 Å². The number of nitrogens with one attached hydrogen (secondary N) is 6. The molecular formula is C56H57N13O11S6. The number of ether oxygens (including phenoxy) is 3. The lowest BCUT2D eigenvalue weighted by Crippen LogP contribution is -2.41. The molecule has 1 aromatic carbocycles. The van der Waals surface area contributed by atoms with E-state index in [0.29, 0.717) is 87.4 Å². The average Bonchev–Trinajstić information content (AvgIpc) is 2.06. The summed E-state index contributed by atoms with van der Waals surface area (Å²) in [5, 5.41) is 26.1. The highest BCUT2D eigenvalue weighted by atomic mass is 32.1. The molecule has 86 heavy (non-hydrogen) atoms. The molecule has 24 nitrogen and oxygen atoms in total. The maximum absolute atomic E-state index is 14.3. The van der Waals surface area contributed by atoms with Crippen LogP contribution in [-0.2, 0) is 44.8 Å². The molecule has 8 heterocycles. The van der Waals surface area contributed by atoms with Crippen molar-refractivity contribution < 1.29 is 52.6 Å². The molecule has 8 aromatic rings. The van der Waals surface area contributed by atoms with Gasteiger partial charge in [0.1, 0.15) is 76.1 Å². The van der Waals surface area contributed by atoms with Crippen LogP contribution in [0.3, 0.4) is 0 Å². The van der Waals surface area contributed by atoms with Crippen LogP contribution in [0.4, 0.5) is 5.82 Å². The van der Waals surface area contributed by atoms with E-state index in [1.54, 1.807) is 70.9 Å². The van der Waals surface area contributed by atoms with Gasteiger partial charge in [-0.3, -0.25) is 38.4 Å². The zero-order chi connectivity index (χ0) is 61.2. The lowest BCUT2D eigenvalue weighted by molar-refractivity contribution is -0.149. The molecule has 0 saturated heterocycles. The van der Waals surface area contributed by atoms with Crippen LogP contribution in [0.15, 0.2) is 64.0 Å². The summed E-state index contributed by atoms with van der Waals surface area (Å²) in [6.07, 6.45) is 0.0146.